The van der Waals surface area contributed by atoms with Gasteiger partial charge in [0, 0.05) is 13.7 Å². The van der Waals surface area contributed by atoms with Crippen LogP contribution >= 0.6 is 0 Å². The molecule has 0 spiro atoms. The first-order valence-electron chi connectivity index (χ1n) is 6.44. The molecule has 104 valence electrons. The van der Waals surface area contributed by atoms with E-state index in [1.54, 1.807) is 19.2 Å². The molecule has 2 rings (SSSR count). The number of halogens is 1. The molecule has 19 heavy (non-hydrogen) atoms. The van der Waals surface area contributed by atoms with Crippen LogP contribution in [0.1, 0.15) is 30.0 Å². The highest BCUT2D eigenvalue weighted by molar-refractivity contribution is 5.77. The van der Waals surface area contributed by atoms with E-state index in [2.05, 4.69) is 5.32 Å². The lowest BCUT2D eigenvalue weighted by Crippen LogP contribution is -2.33. The fourth-order valence-corrected chi connectivity index (χ4v) is 2.46. The molecule has 0 saturated carbocycles. The summed E-state index contributed by atoms with van der Waals surface area (Å²) in [5.41, 5.74) is 7.48. The lowest BCUT2D eigenvalue weighted by atomic mass is 10.1. The van der Waals surface area contributed by atoms with Crippen molar-refractivity contribution in [1.82, 2.24) is 5.32 Å². The summed E-state index contributed by atoms with van der Waals surface area (Å²) in [5, 5.41) is 2.96. The molecule has 0 heterocycles. The Morgan fingerprint density at radius 1 is 1.63 bits per heavy atom. The summed E-state index contributed by atoms with van der Waals surface area (Å²) in [4.78, 5) is 11.9. The van der Waals surface area contributed by atoms with E-state index < -0.39 is 0 Å². The molecule has 3 N–H and O–H groups in total. The Balaban J connectivity index is 1.97. The summed E-state index contributed by atoms with van der Waals surface area (Å²) in [6.45, 7) is 0.316. The van der Waals surface area contributed by atoms with Gasteiger partial charge in [-0.25, -0.2) is 4.39 Å². The Hall–Kier alpha value is -1.46. The Morgan fingerprint density at radius 3 is 3.11 bits per heavy atom. The Morgan fingerprint density at radius 2 is 2.42 bits per heavy atom. The van der Waals surface area contributed by atoms with E-state index in [1.807, 2.05) is 0 Å². The average molecular weight is 266 g/mol. The molecule has 0 aliphatic heterocycles. The van der Waals surface area contributed by atoms with Gasteiger partial charge in [-0.3, -0.25) is 4.79 Å². The number of hydrogen-bond acceptors (Lipinski definition) is 3. The van der Waals surface area contributed by atoms with Crippen LogP contribution in [-0.2, 0) is 16.0 Å². The van der Waals surface area contributed by atoms with Crippen molar-refractivity contribution >= 4 is 5.91 Å². The Labute approximate surface area is 112 Å². The summed E-state index contributed by atoms with van der Waals surface area (Å²) in [6, 6.07) is 4.69. The van der Waals surface area contributed by atoms with Gasteiger partial charge in [0.2, 0.25) is 5.91 Å². The van der Waals surface area contributed by atoms with Gasteiger partial charge in [-0.1, -0.05) is 6.07 Å². The highest BCUT2D eigenvalue weighted by Gasteiger charge is 2.24. The fourth-order valence-electron chi connectivity index (χ4n) is 2.46. The van der Waals surface area contributed by atoms with Gasteiger partial charge < -0.3 is 15.8 Å². The zero-order chi connectivity index (χ0) is 13.8. The van der Waals surface area contributed by atoms with Gasteiger partial charge in [0.1, 0.15) is 5.82 Å². The van der Waals surface area contributed by atoms with Crippen LogP contribution in [0.15, 0.2) is 18.2 Å². The van der Waals surface area contributed by atoms with Crippen LogP contribution < -0.4 is 11.1 Å². The molecule has 1 aromatic carbocycles. The van der Waals surface area contributed by atoms with Crippen molar-refractivity contribution in [2.75, 3.05) is 13.7 Å². The van der Waals surface area contributed by atoms with Crippen LogP contribution in [0.25, 0.3) is 0 Å². The molecule has 4 nitrogen and oxygen atoms in total. The van der Waals surface area contributed by atoms with Crippen LogP contribution in [0.2, 0.25) is 0 Å². The van der Waals surface area contributed by atoms with Crippen molar-refractivity contribution in [2.24, 2.45) is 5.73 Å². The van der Waals surface area contributed by atoms with E-state index >= 15 is 0 Å². The normalized spacial score (nSPS) is 19.0. The number of hydrogen-bond donors (Lipinski definition) is 2. The molecular weight excluding hydrogens is 247 g/mol. The van der Waals surface area contributed by atoms with Crippen LogP contribution in [0.4, 0.5) is 4.39 Å². The molecule has 2 unspecified atom stereocenters. The van der Waals surface area contributed by atoms with Crippen molar-refractivity contribution in [3.63, 3.8) is 0 Å². The Bertz CT molecular complexity index is 461. The monoisotopic (exact) mass is 266 g/mol. The van der Waals surface area contributed by atoms with Crippen LogP contribution in [0.5, 0.6) is 0 Å². The second-order valence-electron chi connectivity index (χ2n) is 4.80. The Kier molecular flexibility index (Phi) is 4.50. The number of benzene rings is 1. The van der Waals surface area contributed by atoms with Gasteiger partial charge in [-0.05, 0) is 36.1 Å². The minimum Gasteiger partial charge on any atom is -0.380 e. The largest absolute Gasteiger partial charge is 0.380 e. The fraction of sp³-hybridized carbons (Fsp3) is 0.500. The number of nitrogens with one attached hydrogen (secondary N) is 1. The molecule has 2 atom stereocenters. The predicted molar refractivity (Wildman–Crippen MR) is 70.1 cm³/mol. The molecule has 0 bridgehead atoms. The highest BCUT2D eigenvalue weighted by atomic mass is 19.1. The van der Waals surface area contributed by atoms with E-state index in [9.17, 15) is 9.18 Å². The van der Waals surface area contributed by atoms with E-state index in [1.165, 1.54) is 6.07 Å². The van der Waals surface area contributed by atoms with Gasteiger partial charge >= 0.3 is 0 Å². The molecule has 5 heteroatoms. The summed E-state index contributed by atoms with van der Waals surface area (Å²) >= 11 is 0. The van der Waals surface area contributed by atoms with Crippen molar-refractivity contribution in [3.8, 4) is 0 Å². The van der Waals surface area contributed by atoms with Crippen LogP contribution in [0.3, 0.4) is 0 Å². The second kappa shape index (κ2) is 6.12. The van der Waals surface area contributed by atoms with Gasteiger partial charge in [-0.2, -0.15) is 0 Å². The number of carbonyl (C=O) groups is 1. The van der Waals surface area contributed by atoms with E-state index in [0.717, 1.165) is 24.0 Å². The molecule has 0 saturated heterocycles. The molecule has 1 aromatic rings. The zero-order valence-corrected chi connectivity index (χ0v) is 11.0. The number of amides is 1. The molecule has 0 fully saturated rings. The van der Waals surface area contributed by atoms with Gasteiger partial charge in [0.25, 0.3) is 0 Å². The molecule has 1 amide bonds. The third kappa shape index (κ3) is 3.30. The number of ether oxygens (including phenoxy) is 1. The predicted octanol–water partition coefficient (Wildman–Crippen LogP) is 1.29. The second-order valence-corrected chi connectivity index (χ2v) is 4.80. The van der Waals surface area contributed by atoms with Crippen LogP contribution in [-0.4, -0.2) is 25.7 Å². The molecule has 0 radical (unpaired) electrons. The van der Waals surface area contributed by atoms with Gasteiger partial charge in [0.15, 0.2) is 0 Å². The van der Waals surface area contributed by atoms with Crippen LogP contribution in [0, 0.1) is 5.82 Å². The number of aryl methyl sites for hydroxylation is 1. The number of fused-ring (bicyclic) bond motifs is 1. The highest BCUT2D eigenvalue weighted by Crippen LogP contribution is 2.31. The van der Waals surface area contributed by atoms with E-state index in [-0.39, 0.29) is 30.3 Å². The quantitative estimate of drug-likeness (QED) is 0.844. The SMILES string of the molecule is COC(CN)CC(=O)NC1CCc2cc(F)ccc21. The topological polar surface area (TPSA) is 64.3 Å². The first kappa shape index (κ1) is 14.0. The third-order valence-corrected chi connectivity index (χ3v) is 3.53. The smallest absolute Gasteiger partial charge is 0.223 e. The number of rotatable bonds is 5. The van der Waals surface area contributed by atoms with E-state index in [4.69, 9.17) is 10.5 Å². The number of carbonyl (C=O) groups excluding carboxylic acids is 1. The van der Waals surface area contributed by atoms with Gasteiger partial charge in [0.05, 0.1) is 18.6 Å². The molecule has 1 aliphatic carbocycles. The molecule has 0 aromatic heterocycles. The maximum absolute atomic E-state index is 13.1. The van der Waals surface area contributed by atoms with Crippen molar-refractivity contribution in [3.05, 3.63) is 35.1 Å². The van der Waals surface area contributed by atoms with Crippen molar-refractivity contribution < 1.29 is 13.9 Å². The maximum atomic E-state index is 13.1. The summed E-state index contributed by atoms with van der Waals surface area (Å²) in [7, 11) is 1.54. The zero-order valence-electron chi connectivity index (χ0n) is 11.0. The van der Waals surface area contributed by atoms with Crippen molar-refractivity contribution in [1.29, 1.82) is 0 Å². The number of methoxy groups -OCH3 is 1. The maximum Gasteiger partial charge on any atom is 0.223 e. The lowest BCUT2D eigenvalue weighted by molar-refractivity contribution is -0.124. The molecule has 1 aliphatic rings. The summed E-state index contributed by atoms with van der Waals surface area (Å²) < 4.78 is 18.2. The number of nitrogens with two attached hydrogens (primary N) is 1. The third-order valence-electron chi connectivity index (χ3n) is 3.53. The first-order chi connectivity index (χ1) is 9.13. The minimum absolute atomic E-state index is 0.0293. The van der Waals surface area contributed by atoms with Crippen molar-refractivity contribution in [2.45, 2.75) is 31.4 Å². The first-order valence-corrected chi connectivity index (χ1v) is 6.44. The summed E-state index contributed by atoms with van der Waals surface area (Å²) in [5.74, 6) is -0.312. The minimum atomic E-state index is -0.255. The van der Waals surface area contributed by atoms with E-state index in [0.29, 0.717) is 6.54 Å². The lowest BCUT2D eigenvalue weighted by Gasteiger charge is -2.17. The average Bonchev–Trinajstić information content (AvgIpc) is 2.78. The standard InChI is InChI=1S/C14H19FN2O2/c1-19-11(8-16)7-14(18)17-13-5-2-9-6-10(15)3-4-12(9)13/h3-4,6,11,13H,2,5,7-8,16H2,1H3,(H,17,18). The molecular formula is C14H19FN2O2. The summed E-state index contributed by atoms with van der Waals surface area (Å²) in [6.07, 6.45) is 1.60. The van der Waals surface area contributed by atoms with Gasteiger partial charge in [-0.15, -0.1) is 0 Å².